The van der Waals surface area contributed by atoms with E-state index in [1.54, 1.807) is 12.1 Å². The average molecular weight is 1060 g/mol. The fraction of sp³-hybridized carbons (Fsp3) is 0.483. The first-order valence-corrected chi connectivity index (χ1v) is 32.0. The Morgan fingerprint density at radius 1 is 0.622 bits per heavy atom. The first kappa shape index (κ1) is 57.1. The van der Waals surface area contributed by atoms with Crippen molar-refractivity contribution in [1.82, 2.24) is 20.2 Å². The van der Waals surface area contributed by atoms with Crippen molar-refractivity contribution >= 4 is 47.2 Å². The quantitative estimate of drug-likeness (QED) is 0.0607. The molecule has 0 amide bonds. The van der Waals surface area contributed by atoms with Crippen LogP contribution in [0.3, 0.4) is 0 Å². The van der Waals surface area contributed by atoms with Gasteiger partial charge in [0, 0.05) is 25.6 Å². The van der Waals surface area contributed by atoms with E-state index >= 15 is 0 Å². The minimum absolute atomic E-state index is 0.0433. The summed E-state index contributed by atoms with van der Waals surface area (Å²) in [5.74, 6) is -1.73. The zero-order chi connectivity index (χ0) is 53.5. The third-order valence-corrected chi connectivity index (χ3v) is 27.3. The highest BCUT2D eigenvalue weighted by Crippen LogP contribution is 2.43. The van der Waals surface area contributed by atoms with Crippen molar-refractivity contribution in [3.8, 4) is 5.69 Å². The third kappa shape index (κ3) is 12.3. The van der Waals surface area contributed by atoms with E-state index < -0.39 is 44.3 Å². The number of aromatic nitrogens is 4. The SMILES string of the molecule is CO[C@H](CCO[Si](c1ccccc1)(c1ccccc1)C(C)(C)C)[C@@H](C)C(CC[C@H](C)[C@@H]1OC(C)(C)O[C@@H]([C@@H](C)CS(=O)(=O)c2nnnn2-c2ccccc2)[C@H]1C)O[Si](c1ccccc1)(c1ccccc1)C(C)(C)C. The Morgan fingerprint density at radius 2 is 1.05 bits per heavy atom. The maximum Gasteiger partial charge on any atom is 0.272 e. The van der Waals surface area contributed by atoms with E-state index in [1.165, 1.54) is 25.4 Å². The molecule has 0 aliphatic carbocycles. The first-order valence-electron chi connectivity index (χ1n) is 26.5. The van der Waals surface area contributed by atoms with Gasteiger partial charge in [0.25, 0.3) is 21.8 Å². The number of methoxy groups -OCH3 is 1. The monoisotopic (exact) mass is 1060 g/mol. The summed E-state index contributed by atoms with van der Waals surface area (Å²) in [7, 11) is -7.98. The Kier molecular flexibility index (Phi) is 18.3. The highest BCUT2D eigenvalue weighted by atomic mass is 32.2. The molecule has 0 spiro atoms. The molecule has 0 saturated carbocycles. The second-order valence-corrected chi connectivity index (χ2v) is 33.7. The van der Waals surface area contributed by atoms with Crippen LogP contribution in [0.4, 0.5) is 0 Å². The lowest BCUT2D eigenvalue weighted by molar-refractivity contribution is -0.333. The minimum Gasteiger partial charge on any atom is -0.407 e. The highest BCUT2D eigenvalue weighted by Gasteiger charge is 2.54. The minimum atomic E-state index is -3.94. The summed E-state index contributed by atoms with van der Waals surface area (Å²) < 4.78 is 65.3. The molecule has 0 bridgehead atoms. The lowest BCUT2D eigenvalue weighted by atomic mass is 9.80. The molecule has 0 radical (unpaired) electrons. The predicted molar refractivity (Wildman–Crippen MR) is 302 cm³/mol. The van der Waals surface area contributed by atoms with Gasteiger partial charge in [-0.1, -0.05) is 214 Å². The van der Waals surface area contributed by atoms with Crippen LogP contribution in [0.1, 0.15) is 102 Å². The number of benzene rings is 5. The van der Waals surface area contributed by atoms with E-state index in [1.807, 2.05) is 46.1 Å². The van der Waals surface area contributed by atoms with Crippen molar-refractivity contribution < 1.29 is 31.5 Å². The van der Waals surface area contributed by atoms with Crippen LogP contribution in [0.2, 0.25) is 10.1 Å². The van der Waals surface area contributed by atoms with Gasteiger partial charge in [0.15, 0.2) is 5.79 Å². The van der Waals surface area contributed by atoms with Gasteiger partial charge in [-0.25, -0.2) is 8.42 Å². The van der Waals surface area contributed by atoms with Gasteiger partial charge in [0.1, 0.15) is 0 Å². The summed E-state index contributed by atoms with van der Waals surface area (Å²) in [5, 5.41) is 16.1. The van der Waals surface area contributed by atoms with E-state index in [2.05, 4.69) is 199 Å². The molecule has 0 N–H and O–H groups in total. The van der Waals surface area contributed by atoms with E-state index in [0.29, 0.717) is 18.7 Å². The molecule has 1 aliphatic heterocycles. The molecule has 5 aromatic carbocycles. The van der Waals surface area contributed by atoms with Gasteiger partial charge in [0.05, 0.1) is 35.9 Å². The summed E-state index contributed by atoms with van der Waals surface area (Å²) in [4.78, 5) is 0. The predicted octanol–water partition coefficient (Wildman–Crippen LogP) is 10.2. The van der Waals surface area contributed by atoms with Crippen LogP contribution < -0.4 is 20.7 Å². The molecule has 398 valence electrons. The normalized spacial score (nSPS) is 19.8. The molecule has 11 nitrogen and oxygen atoms in total. The standard InChI is InChI=1S/C60H82N4O7SSi2/c1-44(55-47(4)56(70-60(11,12)69-55)45(2)43-72(65,66)57-61-62-63-64(57)48-29-19-14-20-30-48)39-40-54(71-74(59(8,9)10,51-35-25-17-26-36-51)52-37-27-18-28-38-52)46(3)53(67-13)41-42-68-73(58(5,6)7,49-31-21-15-22-32-49)50-33-23-16-24-34-50/h14-38,44-47,53-56H,39-43H2,1-13H3/t44-,45-,46+,47-,53+,54?,55-,56-/m0/s1. The zero-order valence-electron chi connectivity index (χ0n) is 46.1. The number of nitrogens with zero attached hydrogens (tertiary/aromatic N) is 4. The summed E-state index contributed by atoms with van der Waals surface area (Å²) in [5.41, 5.74) is 0.571. The molecule has 1 fully saturated rings. The van der Waals surface area contributed by atoms with E-state index in [0.717, 1.165) is 12.8 Å². The first-order chi connectivity index (χ1) is 35.1. The zero-order valence-corrected chi connectivity index (χ0v) is 49.0. The maximum atomic E-state index is 14.1. The number of para-hydroxylation sites is 1. The van der Waals surface area contributed by atoms with Crippen LogP contribution in [0.25, 0.3) is 5.69 Å². The van der Waals surface area contributed by atoms with Gasteiger partial charge in [-0.3, -0.25) is 0 Å². The molecule has 8 atom stereocenters. The largest absolute Gasteiger partial charge is 0.407 e. The molecular formula is C60H82N4O7SSi2. The summed E-state index contributed by atoms with van der Waals surface area (Å²) in [6.07, 6.45) is 1.07. The Hall–Kier alpha value is -4.65. The molecule has 74 heavy (non-hydrogen) atoms. The summed E-state index contributed by atoms with van der Waals surface area (Å²) in [6.45, 7) is 26.9. The second kappa shape index (κ2) is 23.7. The molecule has 1 aromatic heterocycles. The Bertz CT molecular complexity index is 2700. The molecule has 6 aromatic rings. The van der Waals surface area contributed by atoms with Crippen LogP contribution >= 0.6 is 0 Å². The fourth-order valence-corrected chi connectivity index (χ4v) is 22.8. The van der Waals surface area contributed by atoms with Crippen molar-refractivity contribution in [3.05, 3.63) is 152 Å². The number of sulfone groups is 1. The number of hydrogen-bond donors (Lipinski definition) is 0. The molecule has 2 heterocycles. The fourth-order valence-electron chi connectivity index (χ4n) is 11.8. The van der Waals surface area contributed by atoms with Crippen LogP contribution in [0.5, 0.6) is 0 Å². The van der Waals surface area contributed by atoms with Crippen molar-refractivity contribution in [2.45, 2.75) is 148 Å². The topological polar surface area (TPSA) is 124 Å². The molecule has 1 saturated heterocycles. The van der Waals surface area contributed by atoms with E-state index in [9.17, 15) is 8.42 Å². The molecule has 14 heteroatoms. The number of rotatable bonds is 22. The van der Waals surface area contributed by atoms with Gasteiger partial charge in [-0.15, -0.1) is 0 Å². The van der Waals surface area contributed by atoms with E-state index in [-0.39, 0.29) is 57.1 Å². The Labute approximate surface area is 444 Å². The molecule has 1 unspecified atom stereocenters. The van der Waals surface area contributed by atoms with Crippen LogP contribution in [0, 0.1) is 23.7 Å². The number of tetrazole rings is 1. The molecular weight excluding hydrogens is 977 g/mol. The number of ether oxygens (including phenoxy) is 3. The van der Waals surface area contributed by atoms with Gasteiger partial charge >= 0.3 is 0 Å². The van der Waals surface area contributed by atoms with Crippen molar-refractivity contribution in [1.29, 1.82) is 0 Å². The van der Waals surface area contributed by atoms with Crippen molar-refractivity contribution in [2.24, 2.45) is 23.7 Å². The highest BCUT2D eigenvalue weighted by molar-refractivity contribution is 7.91. The smallest absolute Gasteiger partial charge is 0.272 e. The Morgan fingerprint density at radius 3 is 1.50 bits per heavy atom. The molecule has 1 aliphatic rings. The number of hydrogen-bond acceptors (Lipinski definition) is 10. The van der Waals surface area contributed by atoms with Gasteiger partial charge in [0.2, 0.25) is 9.84 Å². The van der Waals surface area contributed by atoms with Crippen LogP contribution in [-0.4, -0.2) is 94.9 Å². The van der Waals surface area contributed by atoms with Crippen molar-refractivity contribution in [3.63, 3.8) is 0 Å². The van der Waals surface area contributed by atoms with Crippen LogP contribution in [0.15, 0.2) is 157 Å². The average Bonchev–Trinajstić information content (AvgIpc) is 3.89. The second-order valence-electron chi connectivity index (χ2n) is 23.2. The van der Waals surface area contributed by atoms with Gasteiger partial charge in [-0.2, -0.15) is 4.68 Å². The van der Waals surface area contributed by atoms with Gasteiger partial charge in [-0.05, 0) is 98.3 Å². The van der Waals surface area contributed by atoms with Crippen molar-refractivity contribution in [2.75, 3.05) is 19.5 Å². The Balaban J connectivity index is 1.19. The summed E-state index contributed by atoms with van der Waals surface area (Å²) >= 11 is 0. The lowest BCUT2D eigenvalue weighted by Crippen LogP contribution is -2.68. The summed E-state index contributed by atoms with van der Waals surface area (Å²) in [6, 6.07) is 52.4. The van der Waals surface area contributed by atoms with Gasteiger partial charge < -0.3 is 23.1 Å². The third-order valence-electron chi connectivity index (χ3n) is 15.5. The maximum absolute atomic E-state index is 14.1. The van der Waals surface area contributed by atoms with E-state index in [4.69, 9.17) is 23.1 Å². The van der Waals surface area contributed by atoms with Crippen LogP contribution in [-0.2, 0) is 32.9 Å². The molecule has 7 rings (SSSR count). The lowest BCUT2D eigenvalue weighted by Gasteiger charge is -2.49.